The number of carbonyl (C=O) groups is 1. The van der Waals surface area contributed by atoms with Crippen molar-refractivity contribution < 1.29 is 4.79 Å². The van der Waals surface area contributed by atoms with Gasteiger partial charge in [-0.1, -0.05) is 32.0 Å². The number of benzene rings is 1. The molecule has 30 heavy (non-hydrogen) atoms. The maximum atomic E-state index is 12.2. The summed E-state index contributed by atoms with van der Waals surface area (Å²) in [5, 5.41) is 5.86. The van der Waals surface area contributed by atoms with Gasteiger partial charge in [-0.25, -0.2) is 14.6 Å². The molecule has 1 amide bonds. The fraction of sp³-hybridized carbons (Fsp3) is 0.478. The molecule has 4 rings (SSSR count). The normalized spacial score (nSPS) is 14.9. The van der Waals surface area contributed by atoms with E-state index in [0.29, 0.717) is 6.42 Å². The van der Waals surface area contributed by atoms with Crippen molar-refractivity contribution in [3.63, 3.8) is 0 Å². The molecule has 0 atom stereocenters. The maximum Gasteiger partial charge on any atom is 0.222 e. The van der Waals surface area contributed by atoms with Gasteiger partial charge in [0.1, 0.15) is 11.6 Å². The van der Waals surface area contributed by atoms with Crippen molar-refractivity contribution in [2.45, 2.75) is 47.0 Å². The first kappa shape index (κ1) is 20.3. The van der Waals surface area contributed by atoms with Crippen LogP contribution in [0.2, 0.25) is 0 Å². The molecule has 0 spiro atoms. The van der Waals surface area contributed by atoms with Crippen LogP contribution in [-0.4, -0.2) is 56.7 Å². The van der Waals surface area contributed by atoms with Crippen LogP contribution in [0.25, 0.3) is 16.7 Å². The molecular weight excluding hydrogens is 376 g/mol. The molecule has 7 heteroatoms. The molecule has 2 aromatic heterocycles. The zero-order chi connectivity index (χ0) is 21.3. The molecule has 1 saturated heterocycles. The van der Waals surface area contributed by atoms with Crippen LogP contribution in [0.1, 0.15) is 43.8 Å². The molecule has 1 aromatic carbocycles. The van der Waals surface area contributed by atoms with Gasteiger partial charge in [0.15, 0.2) is 5.65 Å². The van der Waals surface area contributed by atoms with Gasteiger partial charge in [0.2, 0.25) is 5.91 Å². The molecule has 0 unspecified atom stereocenters. The number of hydrogen-bond acceptors (Lipinski definition) is 5. The zero-order valence-corrected chi connectivity index (χ0v) is 18.4. The van der Waals surface area contributed by atoms with Gasteiger partial charge in [0.25, 0.3) is 0 Å². The molecular formula is C23H30N6O. The van der Waals surface area contributed by atoms with Gasteiger partial charge in [-0.2, -0.15) is 5.10 Å². The maximum absolute atomic E-state index is 12.2. The van der Waals surface area contributed by atoms with E-state index in [2.05, 4.69) is 30.9 Å². The van der Waals surface area contributed by atoms with Gasteiger partial charge < -0.3 is 9.80 Å². The lowest BCUT2D eigenvalue weighted by Gasteiger charge is -2.23. The summed E-state index contributed by atoms with van der Waals surface area (Å²) in [5.41, 5.74) is 3.98. The van der Waals surface area contributed by atoms with E-state index in [-0.39, 0.29) is 5.91 Å². The lowest BCUT2D eigenvalue weighted by Crippen LogP contribution is -2.35. The van der Waals surface area contributed by atoms with E-state index >= 15 is 0 Å². The molecule has 1 fully saturated rings. The summed E-state index contributed by atoms with van der Waals surface area (Å²) in [5.74, 6) is 1.99. The largest absolute Gasteiger partial charge is 0.354 e. The predicted molar refractivity (Wildman–Crippen MR) is 119 cm³/mol. The number of rotatable bonds is 4. The lowest BCUT2D eigenvalue weighted by molar-refractivity contribution is -0.130. The van der Waals surface area contributed by atoms with Crippen molar-refractivity contribution in [1.29, 1.82) is 0 Å². The van der Waals surface area contributed by atoms with Gasteiger partial charge in [-0.15, -0.1) is 0 Å². The SMILES string of the molecule is CCC(=O)N1CCCN(c2nc(CC)nc3c2c(C)nn3-c2ccccc2C)CC1. The van der Waals surface area contributed by atoms with Crippen molar-refractivity contribution in [3.05, 3.63) is 41.3 Å². The number of aromatic nitrogens is 4. The van der Waals surface area contributed by atoms with E-state index in [1.54, 1.807) is 0 Å². The Balaban J connectivity index is 1.81. The highest BCUT2D eigenvalue weighted by Crippen LogP contribution is 2.30. The average Bonchev–Trinajstić information content (AvgIpc) is 2.93. The standard InChI is InChI=1S/C23H30N6O/c1-5-19-24-22(28-13-9-12-27(14-15-28)20(30)6-2)21-17(4)26-29(23(21)25-19)18-11-8-7-10-16(18)3/h7-8,10-11H,5-6,9,12-15H2,1-4H3. The average molecular weight is 407 g/mol. The summed E-state index contributed by atoms with van der Waals surface area (Å²) in [6.45, 7) is 11.3. The number of amides is 1. The minimum atomic E-state index is 0.225. The monoisotopic (exact) mass is 406 g/mol. The Hall–Kier alpha value is -2.96. The number of nitrogens with zero attached hydrogens (tertiary/aromatic N) is 6. The Kier molecular flexibility index (Phi) is 5.70. The molecule has 7 nitrogen and oxygen atoms in total. The van der Waals surface area contributed by atoms with Gasteiger partial charge in [-0.05, 0) is 31.9 Å². The first-order chi connectivity index (χ1) is 14.5. The summed E-state index contributed by atoms with van der Waals surface area (Å²) in [7, 11) is 0. The lowest BCUT2D eigenvalue weighted by atomic mass is 10.2. The van der Waals surface area contributed by atoms with Crippen LogP contribution in [-0.2, 0) is 11.2 Å². The number of para-hydroxylation sites is 1. The molecule has 0 bridgehead atoms. The van der Waals surface area contributed by atoms with Crippen LogP contribution < -0.4 is 4.90 Å². The second-order valence-corrected chi connectivity index (χ2v) is 7.87. The fourth-order valence-corrected chi connectivity index (χ4v) is 4.16. The highest BCUT2D eigenvalue weighted by Gasteiger charge is 2.24. The van der Waals surface area contributed by atoms with Gasteiger partial charge in [-0.3, -0.25) is 4.79 Å². The summed E-state index contributed by atoms with van der Waals surface area (Å²) in [6, 6.07) is 8.24. The fourth-order valence-electron chi connectivity index (χ4n) is 4.16. The first-order valence-corrected chi connectivity index (χ1v) is 10.9. The molecule has 0 saturated carbocycles. The van der Waals surface area contributed by atoms with E-state index < -0.39 is 0 Å². The topological polar surface area (TPSA) is 67.2 Å². The van der Waals surface area contributed by atoms with E-state index in [1.165, 1.54) is 0 Å². The van der Waals surface area contributed by atoms with Crippen LogP contribution >= 0.6 is 0 Å². The third-order valence-electron chi connectivity index (χ3n) is 5.84. The Labute approximate surface area is 177 Å². The van der Waals surface area contributed by atoms with E-state index in [4.69, 9.17) is 15.1 Å². The molecule has 3 heterocycles. The van der Waals surface area contributed by atoms with Crippen molar-refractivity contribution in [2.24, 2.45) is 0 Å². The van der Waals surface area contributed by atoms with E-state index in [1.807, 2.05) is 35.6 Å². The smallest absolute Gasteiger partial charge is 0.222 e. The van der Waals surface area contributed by atoms with E-state index in [0.717, 1.165) is 78.6 Å². The Morgan fingerprint density at radius 1 is 1.03 bits per heavy atom. The summed E-state index contributed by atoms with van der Waals surface area (Å²) >= 11 is 0. The number of carbonyl (C=O) groups excluding carboxylic acids is 1. The van der Waals surface area contributed by atoms with Crippen LogP contribution in [0, 0.1) is 13.8 Å². The number of fused-ring (bicyclic) bond motifs is 1. The van der Waals surface area contributed by atoms with E-state index in [9.17, 15) is 4.79 Å². The summed E-state index contributed by atoms with van der Waals surface area (Å²) < 4.78 is 1.95. The quantitative estimate of drug-likeness (QED) is 0.664. The third-order valence-corrected chi connectivity index (χ3v) is 5.84. The molecule has 158 valence electrons. The molecule has 0 N–H and O–H groups in total. The van der Waals surface area contributed by atoms with Crippen molar-refractivity contribution in [2.75, 3.05) is 31.1 Å². The van der Waals surface area contributed by atoms with Crippen LogP contribution in [0.3, 0.4) is 0 Å². The zero-order valence-electron chi connectivity index (χ0n) is 18.4. The van der Waals surface area contributed by atoms with Crippen molar-refractivity contribution in [3.8, 4) is 5.69 Å². The summed E-state index contributed by atoms with van der Waals surface area (Å²) in [6.07, 6.45) is 2.25. The number of anilines is 1. The third kappa shape index (κ3) is 3.64. The second kappa shape index (κ2) is 8.42. The Morgan fingerprint density at radius 2 is 1.83 bits per heavy atom. The van der Waals surface area contributed by atoms with Crippen LogP contribution in [0.15, 0.2) is 24.3 Å². The molecule has 0 aliphatic carbocycles. The molecule has 0 radical (unpaired) electrons. The van der Waals surface area contributed by atoms with Gasteiger partial charge >= 0.3 is 0 Å². The minimum Gasteiger partial charge on any atom is -0.354 e. The van der Waals surface area contributed by atoms with Crippen LogP contribution in [0.4, 0.5) is 5.82 Å². The first-order valence-electron chi connectivity index (χ1n) is 10.9. The van der Waals surface area contributed by atoms with Crippen molar-refractivity contribution in [1.82, 2.24) is 24.6 Å². The number of aryl methyl sites for hydroxylation is 3. The molecule has 3 aromatic rings. The highest BCUT2D eigenvalue weighted by molar-refractivity contribution is 5.91. The highest BCUT2D eigenvalue weighted by atomic mass is 16.2. The minimum absolute atomic E-state index is 0.225. The number of hydrogen-bond donors (Lipinski definition) is 0. The van der Waals surface area contributed by atoms with Gasteiger partial charge in [0.05, 0.1) is 16.8 Å². The second-order valence-electron chi connectivity index (χ2n) is 7.87. The van der Waals surface area contributed by atoms with Crippen molar-refractivity contribution >= 4 is 22.8 Å². The van der Waals surface area contributed by atoms with Crippen LogP contribution in [0.5, 0.6) is 0 Å². The Morgan fingerprint density at radius 3 is 2.57 bits per heavy atom. The summed E-state index contributed by atoms with van der Waals surface area (Å²) in [4.78, 5) is 26.3. The molecule has 1 aliphatic rings. The Bertz CT molecular complexity index is 1070. The van der Waals surface area contributed by atoms with Gasteiger partial charge in [0, 0.05) is 39.0 Å². The predicted octanol–water partition coefficient (Wildman–Crippen LogP) is 3.44. The molecule has 1 aliphatic heterocycles.